The summed E-state index contributed by atoms with van der Waals surface area (Å²) >= 11 is 0. The molecule has 0 unspecified atom stereocenters. The maximum Gasteiger partial charge on any atom is 0.261 e. The number of benzene rings is 1. The van der Waals surface area contributed by atoms with Crippen LogP contribution < -0.4 is 15.0 Å². The number of likely N-dealkylation sites (tertiary alicyclic amines) is 1. The molecule has 2 atom stereocenters. The zero-order valence-electron chi connectivity index (χ0n) is 14.5. The number of methoxy groups -OCH3 is 2. The van der Waals surface area contributed by atoms with Gasteiger partial charge in [0.15, 0.2) is 11.5 Å². The van der Waals surface area contributed by atoms with Crippen molar-refractivity contribution in [2.24, 2.45) is 0 Å². The normalized spacial score (nSPS) is 21.3. The number of hydrogen-bond acceptors (Lipinski definition) is 6. The molecule has 3 rings (SSSR count). The van der Waals surface area contributed by atoms with Crippen LogP contribution in [0.1, 0.15) is 13.0 Å². The molecule has 7 heteroatoms. The van der Waals surface area contributed by atoms with E-state index in [1.54, 1.807) is 37.2 Å². The van der Waals surface area contributed by atoms with Crippen LogP contribution in [0, 0.1) is 0 Å². The maximum atomic E-state index is 13.0. The van der Waals surface area contributed by atoms with Crippen molar-refractivity contribution >= 4 is 10.9 Å². The number of ether oxygens (including phenoxy) is 3. The molecular weight excluding hydrogens is 310 g/mol. The van der Waals surface area contributed by atoms with Gasteiger partial charge in [0.05, 0.1) is 43.6 Å². The largest absolute Gasteiger partial charge is 0.493 e. The van der Waals surface area contributed by atoms with E-state index in [0.717, 1.165) is 13.1 Å². The summed E-state index contributed by atoms with van der Waals surface area (Å²) in [4.78, 5) is 19.6. The molecule has 1 aromatic heterocycles. The van der Waals surface area contributed by atoms with Crippen molar-refractivity contribution in [2.45, 2.75) is 19.1 Å². The molecule has 1 aliphatic rings. The van der Waals surface area contributed by atoms with Crippen LogP contribution in [0.5, 0.6) is 11.5 Å². The molecule has 0 amide bonds. The Morgan fingerprint density at radius 1 is 1.21 bits per heavy atom. The second kappa shape index (κ2) is 6.78. The summed E-state index contributed by atoms with van der Waals surface area (Å²) in [6, 6.07) is 3.36. The Labute approximate surface area is 140 Å². The molecule has 1 aliphatic heterocycles. The smallest absolute Gasteiger partial charge is 0.261 e. The number of likely N-dealkylation sites (N-methyl/N-ethyl adjacent to an activating group) is 1. The third-order valence-corrected chi connectivity index (χ3v) is 4.45. The van der Waals surface area contributed by atoms with Crippen molar-refractivity contribution in [1.82, 2.24) is 14.5 Å². The Hall–Kier alpha value is -2.12. The van der Waals surface area contributed by atoms with Gasteiger partial charge in [-0.05, 0) is 20.0 Å². The summed E-state index contributed by atoms with van der Waals surface area (Å²) in [5, 5.41) is 0.514. The van der Waals surface area contributed by atoms with Crippen LogP contribution in [-0.4, -0.2) is 61.5 Å². The van der Waals surface area contributed by atoms with E-state index in [2.05, 4.69) is 9.88 Å². The van der Waals surface area contributed by atoms with Crippen LogP contribution in [0.3, 0.4) is 0 Å². The average Bonchev–Trinajstić information content (AvgIpc) is 2.94. The van der Waals surface area contributed by atoms with Crippen LogP contribution in [0.15, 0.2) is 23.3 Å². The second-order valence-electron chi connectivity index (χ2n) is 5.96. The molecule has 0 aliphatic carbocycles. The van der Waals surface area contributed by atoms with Crippen LogP contribution >= 0.6 is 0 Å². The fourth-order valence-electron chi connectivity index (χ4n) is 3.28. The molecule has 1 aromatic carbocycles. The third-order valence-electron chi connectivity index (χ3n) is 4.45. The number of hydrogen-bond donors (Lipinski definition) is 0. The highest BCUT2D eigenvalue weighted by molar-refractivity contribution is 5.81. The van der Waals surface area contributed by atoms with E-state index in [0.29, 0.717) is 29.0 Å². The molecule has 130 valence electrons. The minimum atomic E-state index is -0.0917. The summed E-state index contributed by atoms with van der Waals surface area (Å²) in [5.41, 5.74) is 0.499. The predicted molar refractivity (Wildman–Crippen MR) is 91.1 cm³/mol. The Morgan fingerprint density at radius 2 is 1.92 bits per heavy atom. The van der Waals surface area contributed by atoms with Gasteiger partial charge in [-0.1, -0.05) is 0 Å². The number of aromatic nitrogens is 2. The first-order chi connectivity index (χ1) is 11.6. The van der Waals surface area contributed by atoms with E-state index in [9.17, 15) is 4.79 Å². The summed E-state index contributed by atoms with van der Waals surface area (Å²) in [7, 11) is 5.14. The first kappa shape index (κ1) is 16.7. The van der Waals surface area contributed by atoms with Crippen molar-refractivity contribution in [2.75, 3.05) is 41.0 Å². The average molecular weight is 333 g/mol. The lowest BCUT2D eigenvalue weighted by molar-refractivity contribution is 0.0459. The summed E-state index contributed by atoms with van der Waals surface area (Å²) in [6.45, 7) is 4.14. The van der Waals surface area contributed by atoms with Crippen molar-refractivity contribution < 1.29 is 14.2 Å². The second-order valence-corrected chi connectivity index (χ2v) is 5.96. The third kappa shape index (κ3) is 2.85. The van der Waals surface area contributed by atoms with Gasteiger partial charge in [0.1, 0.15) is 0 Å². The van der Waals surface area contributed by atoms with Gasteiger partial charge in [0, 0.05) is 25.8 Å². The predicted octanol–water partition coefficient (Wildman–Crippen LogP) is 1.31. The number of fused-ring (bicyclic) bond motifs is 1. The monoisotopic (exact) mass is 333 g/mol. The molecule has 0 saturated carbocycles. The van der Waals surface area contributed by atoms with Crippen LogP contribution in [0.2, 0.25) is 0 Å². The zero-order valence-corrected chi connectivity index (χ0v) is 14.5. The van der Waals surface area contributed by atoms with Crippen molar-refractivity contribution in [3.8, 4) is 11.5 Å². The Morgan fingerprint density at radius 3 is 2.58 bits per heavy atom. The highest BCUT2D eigenvalue weighted by Crippen LogP contribution is 2.30. The molecule has 0 bridgehead atoms. The standard InChI is InChI=1S/C17H23N3O4/c1-5-24-16-9-19(2)8-13(16)20-10-18-12-7-15(23-4)14(22-3)6-11(12)17(20)21/h6-7,10,13,16H,5,8-9H2,1-4H3/t13-,16-/m0/s1. The first-order valence-corrected chi connectivity index (χ1v) is 8.02. The molecule has 1 fully saturated rings. The van der Waals surface area contributed by atoms with E-state index in [1.165, 1.54) is 0 Å². The Balaban J connectivity index is 2.10. The molecule has 0 radical (unpaired) electrons. The van der Waals surface area contributed by atoms with Crippen LogP contribution in [0.25, 0.3) is 10.9 Å². The van der Waals surface area contributed by atoms with Crippen molar-refractivity contribution in [3.63, 3.8) is 0 Å². The highest BCUT2D eigenvalue weighted by Gasteiger charge is 2.33. The Bertz CT molecular complexity index is 789. The lowest BCUT2D eigenvalue weighted by Gasteiger charge is -2.21. The molecule has 2 aromatic rings. The molecule has 2 heterocycles. The Kier molecular flexibility index (Phi) is 4.73. The van der Waals surface area contributed by atoms with Gasteiger partial charge in [-0.2, -0.15) is 0 Å². The van der Waals surface area contributed by atoms with Gasteiger partial charge >= 0.3 is 0 Å². The number of rotatable bonds is 5. The maximum absolute atomic E-state index is 13.0. The van der Waals surface area contributed by atoms with Crippen molar-refractivity contribution in [1.29, 1.82) is 0 Å². The zero-order chi connectivity index (χ0) is 17.3. The van der Waals surface area contributed by atoms with E-state index >= 15 is 0 Å². The summed E-state index contributed by atoms with van der Waals surface area (Å²) < 4.78 is 18.1. The lowest BCUT2D eigenvalue weighted by atomic mass is 10.2. The van der Waals surface area contributed by atoms with Gasteiger partial charge in [-0.3, -0.25) is 9.36 Å². The van der Waals surface area contributed by atoms with Crippen LogP contribution in [0.4, 0.5) is 0 Å². The van der Waals surface area contributed by atoms with Gasteiger partial charge in [-0.25, -0.2) is 4.98 Å². The molecule has 0 N–H and O–H groups in total. The number of nitrogens with zero attached hydrogens (tertiary/aromatic N) is 3. The van der Waals surface area contributed by atoms with E-state index < -0.39 is 0 Å². The molecular formula is C17H23N3O4. The highest BCUT2D eigenvalue weighted by atomic mass is 16.5. The fraction of sp³-hybridized carbons (Fsp3) is 0.529. The minimum Gasteiger partial charge on any atom is -0.493 e. The quantitative estimate of drug-likeness (QED) is 0.822. The van der Waals surface area contributed by atoms with Gasteiger partial charge in [0.25, 0.3) is 5.56 Å². The summed E-state index contributed by atoms with van der Waals surface area (Å²) in [6.07, 6.45) is 1.59. The molecule has 1 saturated heterocycles. The topological polar surface area (TPSA) is 65.8 Å². The van der Waals surface area contributed by atoms with Crippen LogP contribution in [-0.2, 0) is 4.74 Å². The minimum absolute atomic E-state index is 0.0166. The van der Waals surface area contributed by atoms with E-state index in [4.69, 9.17) is 14.2 Å². The van der Waals surface area contributed by atoms with E-state index in [-0.39, 0.29) is 17.7 Å². The van der Waals surface area contributed by atoms with Gasteiger partial charge < -0.3 is 19.1 Å². The summed E-state index contributed by atoms with van der Waals surface area (Å²) in [5.74, 6) is 1.08. The van der Waals surface area contributed by atoms with Gasteiger partial charge in [-0.15, -0.1) is 0 Å². The molecule has 24 heavy (non-hydrogen) atoms. The van der Waals surface area contributed by atoms with Crippen molar-refractivity contribution in [3.05, 3.63) is 28.8 Å². The first-order valence-electron chi connectivity index (χ1n) is 8.02. The van der Waals surface area contributed by atoms with E-state index in [1.807, 2.05) is 14.0 Å². The van der Waals surface area contributed by atoms with Gasteiger partial charge in [0.2, 0.25) is 0 Å². The molecule has 0 spiro atoms. The molecule has 7 nitrogen and oxygen atoms in total. The fourth-order valence-corrected chi connectivity index (χ4v) is 3.28. The lowest BCUT2D eigenvalue weighted by Crippen LogP contribution is -2.33. The SMILES string of the molecule is CCO[C@H]1CN(C)C[C@@H]1n1cnc2cc(OC)c(OC)cc2c1=O.